The summed E-state index contributed by atoms with van der Waals surface area (Å²) < 4.78 is 7.43. The van der Waals surface area contributed by atoms with E-state index in [2.05, 4.69) is 5.10 Å². The van der Waals surface area contributed by atoms with Gasteiger partial charge in [0.25, 0.3) is 0 Å². The van der Waals surface area contributed by atoms with E-state index in [-0.39, 0.29) is 18.5 Å². The molecule has 0 fully saturated rings. The number of nitrogens with zero attached hydrogens (tertiary/aromatic N) is 2. The number of aromatic nitrogens is 2. The van der Waals surface area contributed by atoms with Crippen LogP contribution in [0.5, 0.6) is 5.75 Å². The first-order valence-corrected chi connectivity index (χ1v) is 6.67. The molecule has 0 saturated heterocycles. The van der Waals surface area contributed by atoms with Gasteiger partial charge < -0.3 is 10.5 Å². The molecule has 0 aliphatic rings. The van der Waals surface area contributed by atoms with Crippen molar-refractivity contribution in [3.63, 3.8) is 0 Å². The molecule has 0 unspecified atom stereocenters. The molecule has 1 heterocycles. The fourth-order valence-corrected chi connectivity index (χ4v) is 2.02. The maximum Gasteiger partial charge on any atom is 0.138 e. The second-order valence-electron chi connectivity index (χ2n) is 4.59. The maximum absolute atomic E-state index is 6.22. The highest BCUT2D eigenvalue weighted by Crippen LogP contribution is 2.30. The largest absolute Gasteiger partial charge is 0.489 e. The molecule has 0 aliphatic carbocycles. The lowest BCUT2D eigenvalue weighted by atomic mass is 10.1. The molecule has 0 atom stereocenters. The van der Waals surface area contributed by atoms with Gasteiger partial charge in [0.05, 0.1) is 23.9 Å². The molecule has 0 radical (unpaired) electrons. The summed E-state index contributed by atoms with van der Waals surface area (Å²) in [4.78, 5) is 0. The Morgan fingerprint density at radius 1 is 1.35 bits per heavy atom. The number of nitrogens with two attached hydrogens (primary N) is 1. The first kappa shape index (κ1) is 16.8. The number of hydrogen-bond acceptors (Lipinski definition) is 3. The lowest BCUT2D eigenvalue weighted by molar-refractivity contribution is 0.242. The zero-order valence-corrected chi connectivity index (χ0v) is 13.1. The molecule has 2 N–H and O–H groups in total. The number of rotatable bonds is 5. The molecule has 2 rings (SSSR count). The quantitative estimate of drug-likeness (QED) is 0.920. The molecule has 6 heteroatoms. The van der Waals surface area contributed by atoms with Crippen LogP contribution in [0.15, 0.2) is 30.6 Å². The Morgan fingerprint density at radius 2 is 2.10 bits per heavy atom. The zero-order valence-electron chi connectivity index (χ0n) is 11.5. The minimum Gasteiger partial charge on any atom is -0.489 e. The molecule has 0 spiro atoms. The highest BCUT2D eigenvalue weighted by atomic mass is 35.5. The van der Waals surface area contributed by atoms with Gasteiger partial charge in [-0.1, -0.05) is 17.7 Å². The SMILES string of the molecule is CC(C)Oc1ccc(-c2cnn(CCN)c2)cc1Cl.Cl. The van der Waals surface area contributed by atoms with Crippen LogP contribution in [-0.4, -0.2) is 22.4 Å². The third-order valence-electron chi connectivity index (χ3n) is 2.62. The monoisotopic (exact) mass is 315 g/mol. The van der Waals surface area contributed by atoms with Gasteiger partial charge in [-0.2, -0.15) is 5.10 Å². The minimum atomic E-state index is 0. The van der Waals surface area contributed by atoms with E-state index in [1.54, 1.807) is 0 Å². The van der Waals surface area contributed by atoms with Crippen LogP contribution in [0.25, 0.3) is 11.1 Å². The number of hydrogen-bond donors (Lipinski definition) is 1. The molecule has 4 nitrogen and oxygen atoms in total. The van der Waals surface area contributed by atoms with E-state index < -0.39 is 0 Å². The highest BCUT2D eigenvalue weighted by molar-refractivity contribution is 6.32. The van der Waals surface area contributed by atoms with Crippen molar-refractivity contribution >= 4 is 24.0 Å². The van der Waals surface area contributed by atoms with Crippen LogP contribution in [0, 0.1) is 0 Å². The Kier molecular flexibility index (Phi) is 6.33. The van der Waals surface area contributed by atoms with E-state index in [4.69, 9.17) is 22.1 Å². The van der Waals surface area contributed by atoms with Gasteiger partial charge in [0.15, 0.2) is 0 Å². The minimum absolute atomic E-state index is 0. The Labute approximate surface area is 130 Å². The van der Waals surface area contributed by atoms with Gasteiger partial charge in [0.1, 0.15) is 5.75 Å². The summed E-state index contributed by atoms with van der Waals surface area (Å²) in [5.41, 5.74) is 7.54. The van der Waals surface area contributed by atoms with Crippen LogP contribution in [0.4, 0.5) is 0 Å². The molecule has 110 valence electrons. The van der Waals surface area contributed by atoms with Crippen LogP contribution in [-0.2, 0) is 6.54 Å². The molecule has 0 aliphatic heterocycles. The van der Waals surface area contributed by atoms with Gasteiger partial charge in [-0.3, -0.25) is 4.68 Å². The van der Waals surface area contributed by atoms with Gasteiger partial charge in [-0.25, -0.2) is 0 Å². The van der Waals surface area contributed by atoms with Crippen molar-refractivity contribution in [1.82, 2.24) is 9.78 Å². The number of ether oxygens (including phenoxy) is 1. The lowest BCUT2D eigenvalue weighted by Gasteiger charge is -2.11. The Hall–Kier alpha value is -1.23. The van der Waals surface area contributed by atoms with Crippen molar-refractivity contribution in [2.45, 2.75) is 26.5 Å². The lowest BCUT2D eigenvalue weighted by Crippen LogP contribution is -2.09. The number of benzene rings is 1. The molecular weight excluding hydrogens is 297 g/mol. The van der Waals surface area contributed by atoms with Crippen LogP contribution in [0.1, 0.15) is 13.8 Å². The summed E-state index contributed by atoms with van der Waals surface area (Å²) in [7, 11) is 0. The van der Waals surface area contributed by atoms with E-state index in [1.807, 2.05) is 49.1 Å². The average molecular weight is 316 g/mol. The highest BCUT2D eigenvalue weighted by Gasteiger charge is 2.07. The van der Waals surface area contributed by atoms with Crippen molar-refractivity contribution in [3.8, 4) is 16.9 Å². The Balaban J connectivity index is 0.00000200. The van der Waals surface area contributed by atoms with Gasteiger partial charge in [0.2, 0.25) is 0 Å². The zero-order chi connectivity index (χ0) is 13.8. The van der Waals surface area contributed by atoms with Crippen molar-refractivity contribution < 1.29 is 4.74 Å². The summed E-state index contributed by atoms with van der Waals surface area (Å²) in [5.74, 6) is 0.703. The van der Waals surface area contributed by atoms with Crippen LogP contribution < -0.4 is 10.5 Å². The number of halogens is 2. The van der Waals surface area contributed by atoms with Gasteiger partial charge in [-0.05, 0) is 31.5 Å². The fourth-order valence-electron chi connectivity index (χ4n) is 1.80. The van der Waals surface area contributed by atoms with E-state index in [0.717, 1.165) is 11.1 Å². The van der Waals surface area contributed by atoms with Gasteiger partial charge >= 0.3 is 0 Å². The molecule has 0 amide bonds. The van der Waals surface area contributed by atoms with Crippen LogP contribution >= 0.6 is 24.0 Å². The molecule has 0 saturated carbocycles. The predicted molar refractivity (Wildman–Crippen MR) is 84.7 cm³/mol. The normalized spacial score (nSPS) is 10.4. The van der Waals surface area contributed by atoms with Crippen molar-refractivity contribution in [2.75, 3.05) is 6.54 Å². The van der Waals surface area contributed by atoms with Crippen LogP contribution in [0.2, 0.25) is 5.02 Å². The van der Waals surface area contributed by atoms with Crippen molar-refractivity contribution in [3.05, 3.63) is 35.6 Å². The first-order chi connectivity index (χ1) is 9.10. The topological polar surface area (TPSA) is 53.1 Å². The first-order valence-electron chi connectivity index (χ1n) is 6.29. The summed E-state index contributed by atoms with van der Waals surface area (Å²) in [6.07, 6.45) is 3.88. The molecule has 1 aromatic carbocycles. The molecule has 0 bridgehead atoms. The summed E-state index contributed by atoms with van der Waals surface area (Å²) >= 11 is 6.22. The Morgan fingerprint density at radius 3 is 2.70 bits per heavy atom. The fraction of sp³-hybridized carbons (Fsp3) is 0.357. The van der Waals surface area contributed by atoms with E-state index in [9.17, 15) is 0 Å². The summed E-state index contributed by atoms with van der Waals surface area (Å²) in [5, 5.41) is 4.85. The summed E-state index contributed by atoms with van der Waals surface area (Å²) in [6.45, 7) is 5.23. The van der Waals surface area contributed by atoms with E-state index >= 15 is 0 Å². The van der Waals surface area contributed by atoms with Crippen molar-refractivity contribution in [2.24, 2.45) is 5.73 Å². The summed E-state index contributed by atoms with van der Waals surface area (Å²) in [6, 6.07) is 5.76. The van der Waals surface area contributed by atoms with Crippen LogP contribution in [0.3, 0.4) is 0 Å². The van der Waals surface area contributed by atoms with Gasteiger partial charge in [-0.15, -0.1) is 12.4 Å². The van der Waals surface area contributed by atoms with Crippen molar-refractivity contribution in [1.29, 1.82) is 0 Å². The molecular formula is C14H19Cl2N3O. The third-order valence-corrected chi connectivity index (χ3v) is 2.91. The van der Waals surface area contributed by atoms with E-state index in [0.29, 0.717) is 23.9 Å². The predicted octanol–water partition coefficient (Wildman–Crippen LogP) is 3.37. The second kappa shape index (κ2) is 7.53. The third kappa shape index (κ3) is 4.13. The smallest absolute Gasteiger partial charge is 0.138 e. The Bertz CT molecular complexity index is 555. The standard InChI is InChI=1S/C14H18ClN3O.ClH/c1-10(2)19-14-4-3-11(7-13(14)15)12-8-17-18(9-12)6-5-16;/h3-4,7-10H,5-6,16H2,1-2H3;1H. The maximum atomic E-state index is 6.22. The second-order valence-corrected chi connectivity index (χ2v) is 5.00. The van der Waals surface area contributed by atoms with Gasteiger partial charge in [0, 0.05) is 18.3 Å². The molecule has 1 aromatic heterocycles. The molecule has 2 aromatic rings. The van der Waals surface area contributed by atoms with E-state index in [1.165, 1.54) is 0 Å². The average Bonchev–Trinajstić information content (AvgIpc) is 2.80. The molecule has 20 heavy (non-hydrogen) atoms.